The SMILES string of the molecule is C=CC(=O)Oc1ccc(C(=O)Oc2ccc([C]=O)cc2OC)cc1. The Hall–Kier alpha value is -3.41. The smallest absolute Gasteiger partial charge is 0.343 e. The maximum absolute atomic E-state index is 12.1. The van der Waals surface area contributed by atoms with Crippen molar-refractivity contribution in [2.24, 2.45) is 0 Å². The Labute approximate surface area is 138 Å². The molecule has 0 aliphatic rings. The van der Waals surface area contributed by atoms with Crippen LogP contribution in [0.25, 0.3) is 0 Å². The number of ether oxygens (including phenoxy) is 3. The molecule has 2 rings (SSSR count). The molecule has 24 heavy (non-hydrogen) atoms. The largest absolute Gasteiger partial charge is 0.493 e. The van der Waals surface area contributed by atoms with Crippen LogP contribution in [0.4, 0.5) is 0 Å². The monoisotopic (exact) mass is 325 g/mol. The third kappa shape index (κ3) is 4.07. The van der Waals surface area contributed by atoms with Gasteiger partial charge in [-0.2, -0.15) is 0 Å². The first-order valence-corrected chi connectivity index (χ1v) is 6.80. The van der Waals surface area contributed by atoms with Crippen molar-refractivity contribution in [3.05, 3.63) is 66.2 Å². The summed E-state index contributed by atoms with van der Waals surface area (Å²) in [6.45, 7) is 3.29. The van der Waals surface area contributed by atoms with E-state index in [0.717, 1.165) is 6.08 Å². The highest BCUT2D eigenvalue weighted by molar-refractivity contribution is 5.92. The molecule has 0 atom stereocenters. The Morgan fingerprint density at radius 1 is 1.04 bits per heavy atom. The van der Waals surface area contributed by atoms with E-state index in [4.69, 9.17) is 14.2 Å². The number of rotatable bonds is 6. The molecule has 0 aliphatic heterocycles. The summed E-state index contributed by atoms with van der Waals surface area (Å²) >= 11 is 0. The standard InChI is InChI=1S/C18H13O6/c1-3-17(20)23-14-7-5-13(6-8-14)18(21)24-15-9-4-12(11-19)10-16(15)22-2/h3-10H,1H2,2H3. The van der Waals surface area contributed by atoms with Crippen LogP contribution in [0.1, 0.15) is 15.9 Å². The van der Waals surface area contributed by atoms with Crippen LogP contribution < -0.4 is 14.2 Å². The summed E-state index contributed by atoms with van der Waals surface area (Å²) in [6, 6.07) is 10.1. The first kappa shape index (κ1) is 17.0. The van der Waals surface area contributed by atoms with E-state index in [1.807, 2.05) is 0 Å². The summed E-state index contributed by atoms with van der Waals surface area (Å²) in [5.41, 5.74) is 0.529. The zero-order chi connectivity index (χ0) is 17.5. The fourth-order valence-corrected chi connectivity index (χ4v) is 1.79. The zero-order valence-electron chi connectivity index (χ0n) is 12.8. The summed E-state index contributed by atoms with van der Waals surface area (Å²) in [6.07, 6.45) is 2.76. The predicted molar refractivity (Wildman–Crippen MR) is 85.0 cm³/mol. The van der Waals surface area contributed by atoms with Gasteiger partial charge in [-0.1, -0.05) is 6.58 Å². The maximum atomic E-state index is 12.1. The number of carbonyl (C=O) groups is 2. The number of esters is 2. The van der Waals surface area contributed by atoms with Crippen molar-refractivity contribution in [2.75, 3.05) is 7.11 Å². The van der Waals surface area contributed by atoms with Crippen LogP contribution in [0.3, 0.4) is 0 Å². The topological polar surface area (TPSA) is 78.9 Å². The summed E-state index contributed by atoms with van der Waals surface area (Å²) in [5.74, 6) is -0.538. The van der Waals surface area contributed by atoms with Gasteiger partial charge in [0.1, 0.15) is 5.75 Å². The molecule has 0 saturated carbocycles. The Balaban J connectivity index is 2.13. The number of hydrogen-bond acceptors (Lipinski definition) is 6. The van der Waals surface area contributed by atoms with Gasteiger partial charge in [0.25, 0.3) is 0 Å². The Kier molecular flexibility index (Phi) is 5.46. The summed E-state index contributed by atoms with van der Waals surface area (Å²) < 4.78 is 15.2. The number of carbonyl (C=O) groups excluding carboxylic acids is 3. The summed E-state index contributed by atoms with van der Waals surface area (Å²) in [5, 5.41) is 0. The molecule has 0 aliphatic carbocycles. The van der Waals surface area contributed by atoms with Gasteiger partial charge in [-0.15, -0.1) is 0 Å². The van der Waals surface area contributed by atoms with E-state index in [1.165, 1.54) is 49.6 Å². The molecule has 0 bridgehead atoms. The summed E-state index contributed by atoms with van der Waals surface area (Å²) in [4.78, 5) is 33.9. The van der Waals surface area contributed by atoms with E-state index in [-0.39, 0.29) is 28.4 Å². The molecule has 0 heterocycles. The molecule has 0 fully saturated rings. The van der Waals surface area contributed by atoms with Gasteiger partial charge in [0.05, 0.1) is 12.7 Å². The number of methoxy groups -OCH3 is 1. The average molecular weight is 325 g/mol. The van der Waals surface area contributed by atoms with E-state index >= 15 is 0 Å². The third-order valence-electron chi connectivity index (χ3n) is 2.96. The molecule has 2 aromatic carbocycles. The lowest BCUT2D eigenvalue weighted by atomic mass is 10.2. The van der Waals surface area contributed by atoms with E-state index < -0.39 is 11.9 Å². The molecule has 2 aromatic rings. The lowest BCUT2D eigenvalue weighted by Crippen LogP contribution is -2.10. The van der Waals surface area contributed by atoms with E-state index in [9.17, 15) is 14.4 Å². The fraction of sp³-hybridized carbons (Fsp3) is 0.0556. The molecule has 0 unspecified atom stereocenters. The Morgan fingerprint density at radius 3 is 2.33 bits per heavy atom. The molecule has 6 heteroatoms. The van der Waals surface area contributed by atoms with Crippen molar-refractivity contribution in [1.82, 2.24) is 0 Å². The maximum Gasteiger partial charge on any atom is 0.343 e. The van der Waals surface area contributed by atoms with E-state index in [2.05, 4.69) is 6.58 Å². The normalized spacial score (nSPS) is 9.71. The predicted octanol–water partition coefficient (Wildman–Crippen LogP) is 2.46. The van der Waals surface area contributed by atoms with Gasteiger partial charge in [0.15, 0.2) is 11.5 Å². The highest BCUT2D eigenvalue weighted by atomic mass is 16.6. The lowest BCUT2D eigenvalue weighted by molar-refractivity contribution is -0.128. The van der Waals surface area contributed by atoms with Gasteiger partial charge < -0.3 is 14.2 Å². The van der Waals surface area contributed by atoms with Crippen LogP contribution >= 0.6 is 0 Å². The molecular formula is C18H13O6. The minimum Gasteiger partial charge on any atom is -0.493 e. The van der Waals surface area contributed by atoms with E-state index in [1.54, 1.807) is 6.29 Å². The Bertz CT molecular complexity index is 777. The van der Waals surface area contributed by atoms with Gasteiger partial charge in [-0.05, 0) is 42.5 Å². The van der Waals surface area contributed by atoms with Crippen LogP contribution in [-0.2, 0) is 9.59 Å². The van der Waals surface area contributed by atoms with Crippen molar-refractivity contribution >= 4 is 18.2 Å². The molecule has 6 nitrogen and oxygen atoms in total. The first-order chi connectivity index (χ1) is 11.6. The zero-order valence-corrected chi connectivity index (χ0v) is 12.8. The van der Waals surface area contributed by atoms with Gasteiger partial charge in [-0.25, -0.2) is 9.59 Å². The van der Waals surface area contributed by atoms with Gasteiger partial charge >= 0.3 is 11.9 Å². The minimum atomic E-state index is -0.627. The average Bonchev–Trinajstić information content (AvgIpc) is 2.62. The molecule has 0 amide bonds. The Morgan fingerprint density at radius 2 is 1.75 bits per heavy atom. The van der Waals surface area contributed by atoms with Crippen LogP contribution in [0.5, 0.6) is 17.2 Å². The van der Waals surface area contributed by atoms with Gasteiger partial charge in [0.2, 0.25) is 6.29 Å². The van der Waals surface area contributed by atoms with Crippen LogP contribution in [-0.4, -0.2) is 25.3 Å². The second-order valence-electron chi connectivity index (χ2n) is 4.51. The molecule has 0 aromatic heterocycles. The van der Waals surface area contributed by atoms with Gasteiger partial charge in [-0.3, -0.25) is 4.79 Å². The van der Waals surface area contributed by atoms with Crippen molar-refractivity contribution in [2.45, 2.75) is 0 Å². The number of benzene rings is 2. The fourth-order valence-electron chi connectivity index (χ4n) is 1.79. The summed E-state index contributed by atoms with van der Waals surface area (Å²) in [7, 11) is 1.39. The van der Waals surface area contributed by atoms with Crippen LogP contribution in [0, 0.1) is 0 Å². The number of hydrogen-bond donors (Lipinski definition) is 0. The molecule has 0 spiro atoms. The highest BCUT2D eigenvalue weighted by Crippen LogP contribution is 2.28. The van der Waals surface area contributed by atoms with Crippen molar-refractivity contribution < 1.29 is 28.6 Å². The third-order valence-corrected chi connectivity index (χ3v) is 2.96. The molecule has 121 valence electrons. The molecule has 0 saturated heterocycles. The lowest BCUT2D eigenvalue weighted by Gasteiger charge is -2.09. The molecular weight excluding hydrogens is 312 g/mol. The second-order valence-corrected chi connectivity index (χ2v) is 4.51. The van der Waals surface area contributed by atoms with Crippen LogP contribution in [0.2, 0.25) is 0 Å². The van der Waals surface area contributed by atoms with Gasteiger partial charge in [0, 0.05) is 11.6 Å². The minimum absolute atomic E-state index is 0.170. The van der Waals surface area contributed by atoms with Crippen molar-refractivity contribution in [3.63, 3.8) is 0 Å². The first-order valence-electron chi connectivity index (χ1n) is 6.80. The van der Waals surface area contributed by atoms with Crippen molar-refractivity contribution in [1.29, 1.82) is 0 Å². The second kappa shape index (κ2) is 7.73. The van der Waals surface area contributed by atoms with Crippen LogP contribution in [0.15, 0.2) is 55.1 Å². The quantitative estimate of drug-likeness (QED) is 0.461. The van der Waals surface area contributed by atoms with Crippen molar-refractivity contribution in [3.8, 4) is 17.2 Å². The molecule has 1 radical (unpaired) electrons. The highest BCUT2D eigenvalue weighted by Gasteiger charge is 2.13. The van der Waals surface area contributed by atoms with E-state index in [0.29, 0.717) is 0 Å². The molecule has 0 N–H and O–H groups in total.